The number of aromatic nitrogens is 1. The van der Waals surface area contributed by atoms with E-state index in [0.29, 0.717) is 5.69 Å². The van der Waals surface area contributed by atoms with Crippen LogP contribution < -0.4 is 5.32 Å². The molecule has 0 aliphatic heterocycles. The van der Waals surface area contributed by atoms with Gasteiger partial charge in [0.15, 0.2) is 0 Å². The van der Waals surface area contributed by atoms with E-state index in [1.165, 1.54) is 36.7 Å². The highest BCUT2D eigenvalue weighted by Crippen LogP contribution is 2.17. The molecular weight excluding hydrogens is 308 g/mol. The smallest absolute Gasteiger partial charge is 0.304 e. The molecule has 0 saturated carbocycles. The molecule has 1 N–H and O–H groups in total. The summed E-state index contributed by atoms with van der Waals surface area (Å²) in [5.74, 6) is 0. The molecule has 8 nitrogen and oxygen atoms in total. The van der Waals surface area contributed by atoms with Crippen molar-refractivity contribution in [3.8, 4) is 0 Å². The summed E-state index contributed by atoms with van der Waals surface area (Å²) in [6.45, 7) is 0. The molecule has 1 aromatic carbocycles. The van der Waals surface area contributed by atoms with Crippen molar-refractivity contribution in [2.75, 3.05) is 11.6 Å². The summed E-state index contributed by atoms with van der Waals surface area (Å²) in [5.41, 5.74) is 0.300. The lowest BCUT2D eigenvalue weighted by Crippen LogP contribution is -2.10. The minimum absolute atomic E-state index is 0.126. The molecule has 22 heavy (non-hydrogen) atoms. The molecule has 0 spiro atoms. The summed E-state index contributed by atoms with van der Waals surface area (Å²) in [7, 11) is -3.00. The number of rotatable bonds is 3. The van der Waals surface area contributed by atoms with Crippen LogP contribution in [0.4, 0.5) is 16.2 Å². The van der Waals surface area contributed by atoms with E-state index in [-0.39, 0.29) is 10.6 Å². The van der Waals surface area contributed by atoms with Crippen LogP contribution in [0.2, 0.25) is 0 Å². The largest absolute Gasteiger partial charge is 0.353 e. The van der Waals surface area contributed by atoms with Gasteiger partial charge in [-0.3, -0.25) is 15.1 Å². The van der Waals surface area contributed by atoms with Gasteiger partial charge in [0.1, 0.15) is 0 Å². The molecule has 0 radical (unpaired) electrons. The van der Waals surface area contributed by atoms with Crippen molar-refractivity contribution in [3.63, 3.8) is 0 Å². The van der Waals surface area contributed by atoms with Crippen LogP contribution in [0.3, 0.4) is 0 Å². The number of hydrogen-bond donors (Lipinski definition) is 1. The van der Waals surface area contributed by atoms with E-state index in [4.69, 9.17) is 0 Å². The summed E-state index contributed by atoms with van der Waals surface area (Å²) in [5, 5.41) is 13.0. The number of carbonyl (C=O) groups excluding carboxylic acids is 1. The summed E-state index contributed by atoms with van der Waals surface area (Å²) in [6, 6.07) is 7.54. The molecule has 2 rings (SSSR count). The van der Waals surface area contributed by atoms with Crippen LogP contribution in [0, 0.1) is 10.1 Å². The Kier molecular flexibility index (Phi) is 4.47. The van der Waals surface area contributed by atoms with Crippen LogP contribution in [0.25, 0.3) is 0 Å². The van der Waals surface area contributed by atoms with Crippen molar-refractivity contribution in [2.45, 2.75) is 4.90 Å². The van der Waals surface area contributed by atoms with Crippen LogP contribution in [-0.4, -0.2) is 26.4 Å². The van der Waals surface area contributed by atoms with Crippen molar-refractivity contribution >= 4 is 27.1 Å². The Morgan fingerprint density at radius 3 is 2.55 bits per heavy atom. The maximum absolute atomic E-state index is 12.5. The van der Waals surface area contributed by atoms with Crippen LogP contribution in [0.1, 0.15) is 0 Å². The number of anilines is 1. The maximum Gasteiger partial charge on any atom is 0.353 e. The molecule has 0 aliphatic carbocycles. The number of amides is 2. The van der Waals surface area contributed by atoms with Crippen LogP contribution in [-0.2, 0) is 9.73 Å². The first kappa shape index (κ1) is 15.6. The van der Waals surface area contributed by atoms with Crippen LogP contribution in [0.15, 0.2) is 58.1 Å². The van der Waals surface area contributed by atoms with E-state index in [1.807, 2.05) is 0 Å². The zero-order valence-corrected chi connectivity index (χ0v) is 12.3. The predicted molar refractivity (Wildman–Crippen MR) is 81.1 cm³/mol. The molecule has 2 amide bonds. The highest BCUT2D eigenvalue weighted by atomic mass is 32.2. The maximum atomic E-state index is 12.5. The quantitative estimate of drug-likeness (QED) is 0.689. The molecule has 1 unspecified atom stereocenters. The number of nitro benzene ring substituents is 1. The second-order valence-corrected chi connectivity index (χ2v) is 6.58. The fraction of sp³-hybridized carbons (Fsp3) is 0.0769. The summed E-state index contributed by atoms with van der Waals surface area (Å²) < 4.78 is 16.1. The molecule has 114 valence electrons. The third-order valence-electron chi connectivity index (χ3n) is 2.65. The standard InChI is InChI=1S/C13H12N4O4S/c1-22(21,12-6-4-11(5-7-12)17(19)20)16-13(18)15-10-3-2-8-14-9-10/h2-9H,1H3,(H,15,18). The number of pyridine rings is 1. The molecular formula is C13H12N4O4S. The van der Waals surface area contributed by atoms with Gasteiger partial charge in [-0.25, -0.2) is 9.00 Å². The van der Waals surface area contributed by atoms with Crippen molar-refractivity contribution in [2.24, 2.45) is 4.36 Å². The summed E-state index contributed by atoms with van der Waals surface area (Å²) >= 11 is 0. The second kappa shape index (κ2) is 6.31. The summed E-state index contributed by atoms with van der Waals surface area (Å²) in [6.07, 6.45) is 4.26. The van der Waals surface area contributed by atoms with Gasteiger partial charge >= 0.3 is 6.03 Å². The lowest BCUT2D eigenvalue weighted by molar-refractivity contribution is -0.384. The van der Waals surface area contributed by atoms with Gasteiger partial charge in [-0.05, 0) is 24.3 Å². The van der Waals surface area contributed by atoms with E-state index in [1.54, 1.807) is 18.3 Å². The molecule has 1 atom stereocenters. The lowest BCUT2D eigenvalue weighted by Gasteiger charge is -2.05. The molecule has 0 aliphatic rings. The number of urea groups is 1. The third kappa shape index (κ3) is 3.85. The van der Waals surface area contributed by atoms with Gasteiger partial charge in [0, 0.05) is 29.5 Å². The molecule has 0 saturated heterocycles. The van der Waals surface area contributed by atoms with E-state index >= 15 is 0 Å². The van der Waals surface area contributed by atoms with Crippen molar-refractivity contribution in [1.82, 2.24) is 4.98 Å². The zero-order valence-electron chi connectivity index (χ0n) is 11.5. The molecule has 2 aromatic rings. The Labute approximate surface area is 126 Å². The molecule has 1 aromatic heterocycles. The van der Waals surface area contributed by atoms with Gasteiger partial charge in [-0.15, -0.1) is 4.36 Å². The van der Waals surface area contributed by atoms with E-state index in [2.05, 4.69) is 14.7 Å². The number of nitrogens with zero attached hydrogens (tertiary/aromatic N) is 3. The van der Waals surface area contributed by atoms with Gasteiger partial charge in [0.2, 0.25) is 0 Å². The minimum atomic E-state index is -3.00. The lowest BCUT2D eigenvalue weighted by atomic mass is 10.3. The predicted octanol–water partition coefficient (Wildman–Crippen LogP) is 2.68. The molecule has 0 bridgehead atoms. The number of non-ortho nitro benzene ring substituents is 1. The molecule has 0 fully saturated rings. The fourth-order valence-electron chi connectivity index (χ4n) is 1.61. The Balaban J connectivity index is 2.23. The minimum Gasteiger partial charge on any atom is -0.304 e. The highest BCUT2D eigenvalue weighted by molar-refractivity contribution is 7.93. The van der Waals surface area contributed by atoms with Crippen LogP contribution in [0.5, 0.6) is 0 Å². The molecule has 9 heteroatoms. The van der Waals surface area contributed by atoms with E-state index in [0.717, 1.165) is 0 Å². The normalized spacial score (nSPS) is 13.0. The monoisotopic (exact) mass is 320 g/mol. The Bertz CT molecular complexity index is 812. The van der Waals surface area contributed by atoms with Crippen LogP contribution >= 0.6 is 0 Å². The SMILES string of the molecule is CS(=O)(=NC(=O)Nc1cccnc1)c1ccc([N+](=O)[O-])cc1. The van der Waals surface area contributed by atoms with Gasteiger partial charge < -0.3 is 5.32 Å². The van der Waals surface area contributed by atoms with Crippen molar-refractivity contribution < 1.29 is 13.9 Å². The number of benzene rings is 1. The highest BCUT2D eigenvalue weighted by Gasteiger charge is 2.12. The Morgan fingerprint density at radius 2 is 2.00 bits per heavy atom. The third-order valence-corrected chi connectivity index (χ3v) is 4.32. The first-order valence-corrected chi connectivity index (χ1v) is 7.98. The molecule has 1 heterocycles. The Hall–Kier alpha value is -2.81. The second-order valence-electron chi connectivity index (χ2n) is 4.32. The number of carbonyl (C=O) groups is 1. The van der Waals surface area contributed by atoms with E-state index in [9.17, 15) is 19.1 Å². The van der Waals surface area contributed by atoms with Gasteiger partial charge in [-0.1, -0.05) is 0 Å². The number of hydrogen-bond acceptors (Lipinski definition) is 5. The number of nitro groups is 1. The average molecular weight is 320 g/mol. The summed E-state index contributed by atoms with van der Waals surface area (Å²) in [4.78, 5) is 25.9. The first-order valence-electron chi connectivity index (χ1n) is 6.06. The van der Waals surface area contributed by atoms with Gasteiger partial charge in [0.05, 0.1) is 26.5 Å². The fourth-order valence-corrected chi connectivity index (χ4v) is 2.72. The van der Waals surface area contributed by atoms with Crippen molar-refractivity contribution in [1.29, 1.82) is 0 Å². The Morgan fingerprint density at radius 1 is 1.32 bits per heavy atom. The van der Waals surface area contributed by atoms with Crippen molar-refractivity contribution in [3.05, 3.63) is 58.9 Å². The number of nitrogens with one attached hydrogen (secondary N) is 1. The topological polar surface area (TPSA) is 115 Å². The van der Waals surface area contributed by atoms with Gasteiger partial charge in [-0.2, -0.15) is 0 Å². The first-order chi connectivity index (χ1) is 10.4. The van der Waals surface area contributed by atoms with Gasteiger partial charge in [0.25, 0.3) is 5.69 Å². The zero-order chi connectivity index (χ0) is 16.2. The average Bonchev–Trinajstić information content (AvgIpc) is 2.47. The van der Waals surface area contributed by atoms with E-state index < -0.39 is 20.7 Å².